The summed E-state index contributed by atoms with van der Waals surface area (Å²) >= 11 is 0. The van der Waals surface area contributed by atoms with Gasteiger partial charge >= 0.3 is 0 Å². The number of anilines is 2. The van der Waals surface area contributed by atoms with E-state index in [0.717, 1.165) is 17.1 Å². The first-order valence-corrected chi connectivity index (χ1v) is 5.29. The van der Waals surface area contributed by atoms with Crippen molar-refractivity contribution in [1.82, 2.24) is 0 Å². The predicted molar refractivity (Wildman–Crippen MR) is 68.1 cm³/mol. The Morgan fingerprint density at radius 1 is 1.00 bits per heavy atom. The minimum Gasteiger partial charge on any atom is -0.493 e. The van der Waals surface area contributed by atoms with Crippen LogP contribution in [0.25, 0.3) is 0 Å². The second-order valence-electron chi connectivity index (χ2n) is 3.47. The Balaban J connectivity index is 2.22. The first-order chi connectivity index (χ1) is 8.33. The van der Waals surface area contributed by atoms with Gasteiger partial charge in [0.15, 0.2) is 11.5 Å². The van der Waals surface area contributed by atoms with Crippen molar-refractivity contribution in [3.05, 3.63) is 48.5 Å². The fourth-order valence-electron chi connectivity index (χ4n) is 1.54. The van der Waals surface area contributed by atoms with E-state index in [1.54, 1.807) is 14.2 Å². The van der Waals surface area contributed by atoms with Crippen molar-refractivity contribution in [3.63, 3.8) is 0 Å². The van der Waals surface area contributed by atoms with E-state index in [-0.39, 0.29) is 0 Å². The van der Waals surface area contributed by atoms with Gasteiger partial charge in [0.2, 0.25) is 0 Å². The zero-order valence-electron chi connectivity index (χ0n) is 9.86. The Morgan fingerprint density at radius 2 is 1.82 bits per heavy atom. The summed E-state index contributed by atoms with van der Waals surface area (Å²) in [6.45, 7) is 0. The van der Waals surface area contributed by atoms with Gasteiger partial charge in [-0.15, -0.1) is 0 Å². The minimum absolute atomic E-state index is 0.702. The Hall–Kier alpha value is -2.16. The Labute approximate surface area is 101 Å². The molecule has 3 heteroatoms. The molecule has 0 aliphatic rings. The smallest absolute Gasteiger partial charge is 0.162 e. The Morgan fingerprint density at radius 3 is 2.47 bits per heavy atom. The van der Waals surface area contributed by atoms with Gasteiger partial charge in [0.1, 0.15) is 0 Å². The average Bonchev–Trinajstić information content (AvgIpc) is 2.40. The zero-order valence-corrected chi connectivity index (χ0v) is 9.86. The van der Waals surface area contributed by atoms with Gasteiger partial charge in [-0.05, 0) is 18.2 Å². The maximum Gasteiger partial charge on any atom is 0.162 e. The standard InChI is InChI=1S/C14H14NO2/c1-16-13-9-8-12(10-14(13)17-2)15-11-6-4-3-5-7-11/h3-6,8-10,15H,1-2H3. The van der Waals surface area contributed by atoms with Crippen LogP contribution in [0.3, 0.4) is 0 Å². The van der Waals surface area contributed by atoms with Crippen molar-refractivity contribution < 1.29 is 9.47 Å². The monoisotopic (exact) mass is 228 g/mol. The third-order valence-electron chi connectivity index (χ3n) is 2.37. The van der Waals surface area contributed by atoms with Gasteiger partial charge in [-0.3, -0.25) is 0 Å². The molecule has 0 aromatic heterocycles. The molecule has 1 N–H and O–H groups in total. The van der Waals surface area contributed by atoms with E-state index in [0.29, 0.717) is 5.75 Å². The second kappa shape index (κ2) is 5.25. The molecule has 0 atom stereocenters. The molecule has 0 unspecified atom stereocenters. The van der Waals surface area contributed by atoms with Crippen molar-refractivity contribution in [2.24, 2.45) is 0 Å². The van der Waals surface area contributed by atoms with Crippen molar-refractivity contribution in [3.8, 4) is 11.5 Å². The molecule has 17 heavy (non-hydrogen) atoms. The number of methoxy groups -OCH3 is 2. The van der Waals surface area contributed by atoms with Gasteiger partial charge in [-0.25, -0.2) is 0 Å². The molecule has 0 aliphatic carbocycles. The number of ether oxygens (including phenoxy) is 2. The van der Waals surface area contributed by atoms with Crippen LogP contribution < -0.4 is 14.8 Å². The summed E-state index contributed by atoms with van der Waals surface area (Å²) in [6.07, 6.45) is 0. The highest BCUT2D eigenvalue weighted by atomic mass is 16.5. The van der Waals surface area contributed by atoms with Crippen LogP contribution in [0.5, 0.6) is 11.5 Å². The van der Waals surface area contributed by atoms with E-state index >= 15 is 0 Å². The topological polar surface area (TPSA) is 30.5 Å². The highest BCUT2D eigenvalue weighted by Gasteiger charge is 2.04. The van der Waals surface area contributed by atoms with Crippen molar-refractivity contribution in [2.45, 2.75) is 0 Å². The van der Waals surface area contributed by atoms with Gasteiger partial charge in [-0.1, -0.05) is 18.2 Å². The van der Waals surface area contributed by atoms with Crippen LogP contribution in [0.1, 0.15) is 0 Å². The van der Waals surface area contributed by atoms with E-state index in [4.69, 9.17) is 9.47 Å². The molecule has 0 saturated heterocycles. The molecule has 0 fully saturated rings. The highest BCUT2D eigenvalue weighted by molar-refractivity contribution is 5.63. The summed E-state index contributed by atoms with van der Waals surface area (Å²) < 4.78 is 10.4. The molecule has 0 amide bonds. The number of para-hydroxylation sites is 1. The number of nitrogens with one attached hydrogen (secondary N) is 1. The maximum atomic E-state index is 5.24. The van der Waals surface area contributed by atoms with Gasteiger partial charge in [-0.2, -0.15) is 0 Å². The molecular weight excluding hydrogens is 214 g/mol. The fraction of sp³-hybridized carbons (Fsp3) is 0.143. The lowest BCUT2D eigenvalue weighted by Gasteiger charge is -2.11. The minimum atomic E-state index is 0.702. The quantitative estimate of drug-likeness (QED) is 0.871. The van der Waals surface area contributed by atoms with Gasteiger partial charge < -0.3 is 14.8 Å². The van der Waals surface area contributed by atoms with Gasteiger partial charge in [0, 0.05) is 23.5 Å². The van der Waals surface area contributed by atoms with E-state index in [1.165, 1.54) is 0 Å². The van der Waals surface area contributed by atoms with Crippen molar-refractivity contribution >= 4 is 11.4 Å². The van der Waals surface area contributed by atoms with Gasteiger partial charge in [0.25, 0.3) is 0 Å². The first-order valence-electron chi connectivity index (χ1n) is 5.29. The second-order valence-corrected chi connectivity index (χ2v) is 3.47. The first kappa shape index (κ1) is 11.3. The number of rotatable bonds is 4. The maximum absolute atomic E-state index is 5.24. The summed E-state index contributed by atoms with van der Waals surface area (Å²) in [5.41, 5.74) is 1.85. The van der Waals surface area contributed by atoms with E-state index in [1.807, 2.05) is 42.5 Å². The van der Waals surface area contributed by atoms with Crippen LogP contribution in [0.4, 0.5) is 11.4 Å². The van der Waals surface area contributed by atoms with E-state index < -0.39 is 0 Å². The lowest BCUT2D eigenvalue weighted by molar-refractivity contribution is 0.355. The number of hydrogen-bond donors (Lipinski definition) is 1. The van der Waals surface area contributed by atoms with Crippen molar-refractivity contribution in [1.29, 1.82) is 0 Å². The highest BCUT2D eigenvalue weighted by Crippen LogP contribution is 2.30. The summed E-state index contributed by atoms with van der Waals surface area (Å²) in [6, 6.07) is 16.5. The molecule has 2 rings (SSSR count). The lowest BCUT2D eigenvalue weighted by Crippen LogP contribution is -1.94. The SMILES string of the molecule is COc1ccc(Nc2[c]cccc2)cc1OC. The number of hydrogen-bond acceptors (Lipinski definition) is 3. The molecule has 2 aromatic rings. The molecule has 1 radical (unpaired) electrons. The molecule has 0 saturated carbocycles. The molecular formula is C14H14NO2. The summed E-state index contributed by atoms with van der Waals surface area (Å²) in [7, 11) is 3.24. The van der Waals surface area contributed by atoms with Crippen LogP contribution in [-0.4, -0.2) is 14.2 Å². The average molecular weight is 228 g/mol. The van der Waals surface area contributed by atoms with Crippen LogP contribution >= 0.6 is 0 Å². The molecule has 87 valence electrons. The van der Waals surface area contributed by atoms with E-state index in [9.17, 15) is 0 Å². The van der Waals surface area contributed by atoms with Crippen LogP contribution in [0, 0.1) is 6.07 Å². The molecule has 3 nitrogen and oxygen atoms in total. The van der Waals surface area contributed by atoms with Crippen molar-refractivity contribution in [2.75, 3.05) is 19.5 Å². The van der Waals surface area contributed by atoms with Crippen LogP contribution in [0.15, 0.2) is 42.5 Å². The van der Waals surface area contributed by atoms with Crippen LogP contribution in [0.2, 0.25) is 0 Å². The summed E-state index contributed by atoms with van der Waals surface area (Å²) in [5, 5.41) is 3.24. The number of benzene rings is 2. The van der Waals surface area contributed by atoms with Gasteiger partial charge in [0.05, 0.1) is 14.2 Å². The Kier molecular flexibility index (Phi) is 3.50. The van der Waals surface area contributed by atoms with E-state index in [2.05, 4.69) is 11.4 Å². The third kappa shape index (κ3) is 2.69. The predicted octanol–water partition coefficient (Wildman–Crippen LogP) is 3.25. The fourth-order valence-corrected chi connectivity index (χ4v) is 1.54. The molecule has 0 spiro atoms. The molecule has 0 aliphatic heterocycles. The molecule has 2 aromatic carbocycles. The molecule has 0 bridgehead atoms. The lowest BCUT2D eigenvalue weighted by atomic mass is 10.2. The zero-order chi connectivity index (χ0) is 12.1. The van der Waals surface area contributed by atoms with Crippen LogP contribution in [-0.2, 0) is 0 Å². The largest absolute Gasteiger partial charge is 0.493 e. The third-order valence-corrected chi connectivity index (χ3v) is 2.37. The summed E-state index contributed by atoms with van der Waals surface area (Å²) in [5.74, 6) is 1.42. The normalized spacial score (nSPS) is 9.76. The summed E-state index contributed by atoms with van der Waals surface area (Å²) in [4.78, 5) is 0. The Bertz CT molecular complexity index is 483. The molecule has 0 heterocycles.